The summed E-state index contributed by atoms with van der Waals surface area (Å²) in [5.74, 6) is -0.0851. The molecule has 0 unspecified atom stereocenters. The summed E-state index contributed by atoms with van der Waals surface area (Å²) in [6.45, 7) is 1.97. The summed E-state index contributed by atoms with van der Waals surface area (Å²) in [7, 11) is 0. The van der Waals surface area contributed by atoms with Crippen molar-refractivity contribution in [1.82, 2.24) is 19.7 Å². The predicted octanol–water partition coefficient (Wildman–Crippen LogP) is 3.12. The lowest BCUT2D eigenvalue weighted by Gasteiger charge is -2.32. The summed E-state index contributed by atoms with van der Waals surface area (Å²) in [4.78, 5) is 30.1. The van der Waals surface area contributed by atoms with Crippen LogP contribution >= 0.6 is 11.6 Å². The van der Waals surface area contributed by atoms with Crippen molar-refractivity contribution in [2.75, 3.05) is 18.4 Å². The summed E-state index contributed by atoms with van der Waals surface area (Å²) < 4.78 is 14.8. The molecule has 2 amide bonds. The fourth-order valence-electron chi connectivity index (χ4n) is 3.32. The van der Waals surface area contributed by atoms with E-state index in [4.69, 9.17) is 11.6 Å². The Bertz CT molecular complexity index is 807. The molecule has 0 aliphatic carbocycles. The van der Waals surface area contributed by atoms with Crippen LogP contribution in [0.25, 0.3) is 0 Å². The molecule has 0 bridgehead atoms. The largest absolute Gasteiger partial charge is 0.343 e. The number of rotatable bonds is 7. The minimum atomic E-state index is -0.512. The van der Waals surface area contributed by atoms with Gasteiger partial charge in [-0.15, -0.1) is 0 Å². The zero-order valence-electron chi connectivity index (χ0n) is 15.5. The molecule has 1 aliphatic heterocycles. The summed E-state index contributed by atoms with van der Waals surface area (Å²) in [6.07, 6.45) is 6.41. The molecule has 1 aromatic heterocycles. The number of aryl methyl sites for hydroxylation is 1. The van der Waals surface area contributed by atoms with Gasteiger partial charge in [0.25, 0.3) is 0 Å². The monoisotopic (exact) mass is 407 g/mol. The average molecular weight is 408 g/mol. The van der Waals surface area contributed by atoms with Crippen molar-refractivity contribution in [3.63, 3.8) is 0 Å². The van der Waals surface area contributed by atoms with E-state index < -0.39 is 5.82 Å². The maximum absolute atomic E-state index is 13.2. The Morgan fingerprint density at radius 1 is 1.25 bits per heavy atom. The lowest BCUT2D eigenvalue weighted by molar-refractivity contribution is -0.133. The maximum Gasteiger partial charge on any atom is 0.224 e. The fourth-order valence-corrected chi connectivity index (χ4v) is 3.50. The third-order valence-corrected chi connectivity index (χ3v) is 5.26. The van der Waals surface area contributed by atoms with Gasteiger partial charge in [-0.2, -0.15) is 5.10 Å². The van der Waals surface area contributed by atoms with Crippen LogP contribution in [0.5, 0.6) is 0 Å². The van der Waals surface area contributed by atoms with Gasteiger partial charge in [-0.05, 0) is 43.4 Å². The molecular weight excluding hydrogens is 385 g/mol. The number of likely N-dealkylation sites (tertiary alicyclic amines) is 1. The fraction of sp³-hybridized carbons (Fsp3) is 0.474. The SMILES string of the molecule is O=C(CCC1CCN(C(=O)CCn2cncn2)CC1)Nc1ccc(F)c(Cl)c1. The first kappa shape index (κ1) is 20.3. The van der Waals surface area contributed by atoms with Gasteiger partial charge in [0.2, 0.25) is 11.8 Å². The van der Waals surface area contributed by atoms with E-state index in [2.05, 4.69) is 15.4 Å². The van der Waals surface area contributed by atoms with Crippen molar-refractivity contribution in [1.29, 1.82) is 0 Å². The van der Waals surface area contributed by atoms with Crippen LogP contribution in [0.1, 0.15) is 32.1 Å². The predicted molar refractivity (Wildman–Crippen MR) is 103 cm³/mol. The molecule has 0 atom stereocenters. The molecule has 1 aromatic carbocycles. The average Bonchev–Trinajstić information content (AvgIpc) is 3.21. The number of anilines is 1. The number of piperidine rings is 1. The quantitative estimate of drug-likeness (QED) is 0.764. The number of nitrogens with zero attached hydrogens (tertiary/aromatic N) is 4. The minimum absolute atomic E-state index is 0.0151. The standard InChI is InChI=1S/C19H23ClFN5O2/c20-16-11-15(2-3-17(16)21)24-18(27)4-1-14-5-8-25(9-6-14)19(28)7-10-26-13-22-12-23-26/h2-3,11-14H,1,4-10H2,(H,24,27). The van der Waals surface area contributed by atoms with Crippen molar-refractivity contribution in [2.24, 2.45) is 5.92 Å². The molecule has 0 saturated carbocycles. The first-order valence-electron chi connectivity index (χ1n) is 9.36. The molecule has 2 aromatic rings. The van der Waals surface area contributed by atoms with Crippen LogP contribution in [0.2, 0.25) is 5.02 Å². The minimum Gasteiger partial charge on any atom is -0.343 e. The molecule has 0 spiro atoms. The molecule has 1 N–H and O–H groups in total. The number of aromatic nitrogens is 3. The lowest BCUT2D eigenvalue weighted by Crippen LogP contribution is -2.39. The summed E-state index contributed by atoms with van der Waals surface area (Å²) in [5, 5.41) is 6.72. The second-order valence-corrected chi connectivity index (χ2v) is 7.36. The number of hydrogen-bond donors (Lipinski definition) is 1. The molecular formula is C19H23ClFN5O2. The Morgan fingerprint density at radius 2 is 2.04 bits per heavy atom. The first-order valence-corrected chi connectivity index (χ1v) is 9.74. The molecule has 150 valence electrons. The highest BCUT2D eigenvalue weighted by atomic mass is 35.5. The van der Waals surface area contributed by atoms with E-state index in [0.29, 0.717) is 31.0 Å². The molecule has 1 aliphatic rings. The highest BCUT2D eigenvalue weighted by Gasteiger charge is 2.23. The van der Waals surface area contributed by atoms with E-state index in [0.717, 1.165) is 32.4 Å². The van der Waals surface area contributed by atoms with Gasteiger partial charge in [-0.25, -0.2) is 9.37 Å². The zero-order chi connectivity index (χ0) is 19.9. The summed E-state index contributed by atoms with van der Waals surface area (Å²) in [5.41, 5.74) is 0.490. The van der Waals surface area contributed by atoms with Gasteiger partial charge in [-0.1, -0.05) is 11.6 Å². The molecule has 0 radical (unpaired) electrons. The molecule has 1 saturated heterocycles. The van der Waals surface area contributed by atoms with E-state index >= 15 is 0 Å². The van der Waals surface area contributed by atoms with Crippen LogP contribution in [0.3, 0.4) is 0 Å². The van der Waals surface area contributed by atoms with Gasteiger partial charge in [0.05, 0.1) is 11.6 Å². The van der Waals surface area contributed by atoms with E-state index in [1.807, 2.05) is 4.90 Å². The topological polar surface area (TPSA) is 80.1 Å². The van der Waals surface area contributed by atoms with Crippen molar-refractivity contribution in [3.05, 3.63) is 41.7 Å². The lowest BCUT2D eigenvalue weighted by atomic mass is 9.92. The highest BCUT2D eigenvalue weighted by Crippen LogP contribution is 2.23. The molecule has 2 heterocycles. The van der Waals surface area contributed by atoms with Crippen molar-refractivity contribution in [2.45, 2.75) is 38.6 Å². The zero-order valence-corrected chi connectivity index (χ0v) is 16.2. The molecule has 28 heavy (non-hydrogen) atoms. The third kappa shape index (κ3) is 5.76. The highest BCUT2D eigenvalue weighted by molar-refractivity contribution is 6.31. The number of carbonyl (C=O) groups is 2. The number of hydrogen-bond acceptors (Lipinski definition) is 4. The van der Waals surface area contributed by atoms with Gasteiger partial charge in [0.1, 0.15) is 18.5 Å². The van der Waals surface area contributed by atoms with Gasteiger partial charge in [0, 0.05) is 31.6 Å². The molecule has 9 heteroatoms. The van der Waals surface area contributed by atoms with E-state index in [1.165, 1.54) is 24.5 Å². The summed E-state index contributed by atoms with van der Waals surface area (Å²) >= 11 is 5.72. The molecule has 3 rings (SSSR count). The smallest absolute Gasteiger partial charge is 0.224 e. The summed E-state index contributed by atoms with van der Waals surface area (Å²) in [6, 6.07) is 4.12. The Labute approximate surface area is 167 Å². The van der Waals surface area contributed by atoms with E-state index in [9.17, 15) is 14.0 Å². The second kappa shape index (κ2) is 9.64. The number of amides is 2. The van der Waals surface area contributed by atoms with Crippen LogP contribution in [-0.4, -0.2) is 44.6 Å². The van der Waals surface area contributed by atoms with E-state index in [1.54, 1.807) is 11.0 Å². The normalized spacial score (nSPS) is 14.9. The Kier molecular flexibility index (Phi) is 6.97. The third-order valence-electron chi connectivity index (χ3n) is 4.97. The van der Waals surface area contributed by atoms with Crippen LogP contribution in [0.4, 0.5) is 10.1 Å². The molecule has 7 nitrogen and oxygen atoms in total. The van der Waals surface area contributed by atoms with Crippen LogP contribution < -0.4 is 5.32 Å². The number of carbonyl (C=O) groups excluding carboxylic acids is 2. The van der Waals surface area contributed by atoms with Crippen molar-refractivity contribution < 1.29 is 14.0 Å². The number of halogens is 2. The maximum atomic E-state index is 13.2. The Balaban J connectivity index is 1.35. The van der Waals surface area contributed by atoms with Crippen LogP contribution in [0.15, 0.2) is 30.9 Å². The Hall–Kier alpha value is -2.48. The van der Waals surface area contributed by atoms with Crippen molar-refractivity contribution >= 4 is 29.1 Å². The number of nitrogens with one attached hydrogen (secondary N) is 1. The van der Waals surface area contributed by atoms with E-state index in [-0.39, 0.29) is 16.8 Å². The number of benzene rings is 1. The van der Waals surface area contributed by atoms with Crippen molar-refractivity contribution in [3.8, 4) is 0 Å². The van der Waals surface area contributed by atoms with Gasteiger partial charge < -0.3 is 10.2 Å². The van der Waals surface area contributed by atoms with Crippen LogP contribution in [-0.2, 0) is 16.1 Å². The molecule has 1 fully saturated rings. The van der Waals surface area contributed by atoms with Gasteiger partial charge >= 0.3 is 0 Å². The van der Waals surface area contributed by atoms with Gasteiger partial charge in [0.15, 0.2) is 0 Å². The second-order valence-electron chi connectivity index (χ2n) is 6.95. The Morgan fingerprint density at radius 3 is 2.71 bits per heavy atom. The van der Waals surface area contributed by atoms with Crippen LogP contribution in [0, 0.1) is 11.7 Å². The van der Waals surface area contributed by atoms with Gasteiger partial charge in [-0.3, -0.25) is 14.3 Å². The first-order chi connectivity index (χ1) is 13.5.